The van der Waals surface area contributed by atoms with Crippen LogP contribution < -0.4 is 9.46 Å². The molecule has 6 heteroatoms. The van der Waals surface area contributed by atoms with E-state index in [0.29, 0.717) is 23.7 Å². The Kier molecular flexibility index (Phi) is 5.22. The van der Waals surface area contributed by atoms with Gasteiger partial charge in [0, 0.05) is 6.54 Å². The smallest absolute Gasteiger partial charge is 0.240 e. The lowest BCUT2D eigenvalue weighted by Crippen LogP contribution is -2.25. The Balaban J connectivity index is 1.97. The summed E-state index contributed by atoms with van der Waals surface area (Å²) in [5.74, 6) is 0.602. The van der Waals surface area contributed by atoms with Gasteiger partial charge in [0.05, 0.1) is 17.0 Å². The Hall–Kier alpha value is -1.56. The van der Waals surface area contributed by atoms with Crippen LogP contribution in [0.25, 0.3) is 0 Å². The summed E-state index contributed by atoms with van der Waals surface area (Å²) < 4.78 is 31.7. The number of nitrogens with one attached hydrogen (secondary N) is 1. The molecule has 0 unspecified atom stereocenters. The fourth-order valence-electron chi connectivity index (χ4n) is 1.88. The molecule has 0 saturated carbocycles. The van der Waals surface area contributed by atoms with Gasteiger partial charge in [-0.05, 0) is 36.2 Å². The van der Waals surface area contributed by atoms with Gasteiger partial charge < -0.3 is 4.74 Å². The van der Waals surface area contributed by atoms with Crippen LogP contribution in [0.15, 0.2) is 53.4 Å². The molecule has 0 aliphatic heterocycles. The maximum Gasteiger partial charge on any atom is 0.240 e. The van der Waals surface area contributed by atoms with Crippen LogP contribution >= 0.6 is 11.6 Å². The summed E-state index contributed by atoms with van der Waals surface area (Å²) in [7, 11) is -1.91. The Bertz CT molecular complexity index is 702. The summed E-state index contributed by atoms with van der Waals surface area (Å²) in [6.07, 6.45) is 0.551. The molecular weight excluding hydrogens is 310 g/mol. The molecule has 2 aromatic rings. The molecule has 4 nitrogen and oxygen atoms in total. The predicted molar refractivity (Wildman–Crippen MR) is 83.3 cm³/mol. The fourth-order valence-corrected chi connectivity index (χ4v) is 3.21. The number of benzene rings is 2. The third-order valence-corrected chi connectivity index (χ3v) is 4.75. The van der Waals surface area contributed by atoms with Crippen LogP contribution in [0.3, 0.4) is 0 Å². The van der Waals surface area contributed by atoms with Gasteiger partial charge in [0.15, 0.2) is 0 Å². The van der Waals surface area contributed by atoms with Crippen molar-refractivity contribution in [1.29, 1.82) is 0 Å². The van der Waals surface area contributed by atoms with Gasteiger partial charge in [-0.3, -0.25) is 0 Å². The van der Waals surface area contributed by atoms with Crippen molar-refractivity contribution in [1.82, 2.24) is 4.72 Å². The van der Waals surface area contributed by atoms with Crippen molar-refractivity contribution in [2.24, 2.45) is 0 Å². The molecule has 0 bridgehead atoms. The molecule has 0 aliphatic rings. The quantitative estimate of drug-likeness (QED) is 0.888. The highest BCUT2D eigenvalue weighted by Gasteiger charge is 2.12. The summed E-state index contributed by atoms with van der Waals surface area (Å²) in [5.41, 5.74) is 0.941. The zero-order valence-electron chi connectivity index (χ0n) is 11.5. The SMILES string of the molecule is COc1ccc(CCNS(=O)(=O)c2ccccc2)cc1Cl. The first kappa shape index (κ1) is 15.8. The number of rotatable bonds is 6. The molecule has 0 radical (unpaired) electrons. The molecule has 0 aliphatic carbocycles. The van der Waals surface area contributed by atoms with E-state index in [1.54, 1.807) is 49.6 Å². The normalized spacial score (nSPS) is 11.3. The highest BCUT2D eigenvalue weighted by molar-refractivity contribution is 7.89. The minimum Gasteiger partial charge on any atom is -0.495 e. The number of methoxy groups -OCH3 is 1. The Morgan fingerprint density at radius 1 is 1.14 bits per heavy atom. The number of ether oxygens (including phenoxy) is 1. The van der Waals surface area contributed by atoms with Crippen molar-refractivity contribution in [3.8, 4) is 5.75 Å². The maximum atomic E-state index is 12.0. The first-order chi connectivity index (χ1) is 10.0. The topological polar surface area (TPSA) is 55.4 Å². The van der Waals surface area contributed by atoms with Gasteiger partial charge in [-0.2, -0.15) is 0 Å². The van der Waals surface area contributed by atoms with Gasteiger partial charge in [-0.15, -0.1) is 0 Å². The average molecular weight is 326 g/mol. The molecule has 2 aromatic carbocycles. The summed E-state index contributed by atoms with van der Waals surface area (Å²) in [6, 6.07) is 13.7. The molecule has 112 valence electrons. The van der Waals surface area contributed by atoms with E-state index in [1.165, 1.54) is 0 Å². The summed E-state index contributed by atoms with van der Waals surface area (Å²) in [6.45, 7) is 0.305. The van der Waals surface area contributed by atoms with Crippen molar-refractivity contribution in [2.45, 2.75) is 11.3 Å². The van der Waals surface area contributed by atoms with Crippen LogP contribution in [-0.4, -0.2) is 22.1 Å². The lowest BCUT2D eigenvalue weighted by molar-refractivity contribution is 0.415. The molecule has 0 spiro atoms. The number of sulfonamides is 1. The molecule has 0 amide bonds. The largest absolute Gasteiger partial charge is 0.495 e. The summed E-state index contributed by atoms with van der Waals surface area (Å²) in [4.78, 5) is 0.262. The van der Waals surface area contributed by atoms with Crippen LogP contribution in [0.1, 0.15) is 5.56 Å². The monoisotopic (exact) mass is 325 g/mol. The third kappa shape index (κ3) is 4.20. The fraction of sp³-hybridized carbons (Fsp3) is 0.200. The minimum atomic E-state index is -3.46. The van der Waals surface area contributed by atoms with Gasteiger partial charge >= 0.3 is 0 Å². The number of hydrogen-bond acceptors (Lipinski definition) is 3. The van der Waals surface area contributed by atoms with E-state index in [9.17, 15) is 8.42 Å². The molecular formula is C15H16ClNO3S. The lowest BCUT2D eigenvalue weighted by atomic mass is 10.1. The first-order valence-corrected chi connectivity index (χ1v) is 8.26. The second kappa shape index (κ2) is 6.93. The van der Waals surface area contributed by atoms with E-state index in [1.807, 2.05) is 6.07 Å². The zero-order chi connectivity index (χ0) is 15.3. The molecule has 2 rings (SSSR count). The molecule has 0 saturated heterocycles. The van der Waals surface area contributed by atoms with Gasteiger partial charge in [0.2, 0.25) is 10.0 Å². The second-order valence-corrected chi connectivity index (χ2v) is 6.60. The molecule has 1 N–H and O–H groups in total. The third-order valence-electron chi connectivity index (χ3n) is 2.98. The van der Waals surface area contributed by atoms with E-state index < -0.39 is 10.0 Å². The minimum absolute atomic E-state index is 0.262. The van der Waals surface area contributed by atoms with E-state index in [-0.39, 0.29) is 4.90 Å². The standard InChI is InChI=1S/C15H16ClNO3S/c1-20-15-8-7-12(11-14(15)16)9-10-17-21(18,19)13-5-3-2-4-6-13/h2-8,11,17H,9-10H2,1H3. The first-order valence-electron chi connectivity index (χ1n) is 6.40. The van der Waals surface area contributed by atoms with Gasteiger partial charge in [-0.1, -0.05) is 35.9 Å². The Morgan fingerprint density at radius 2 is 1.86 bits per heavy atom. The highest BCUT2D eigenvalue weighted by Crippen LogP contribution is 2.25. The van der Waals surface area contributed by atoms with Gasteiger partial charge in [0.25, 0.3) is 0 Å². The lowest BCUT2D eigenvalue weighted by Gasteiger charge is -2.08. The predicted octanol–water partition coefficient (Wildman–Crippen LogP) is 2.87. The molecule has 0 aromatic heterocycles. The second-order valence-electron chi connectivity index (χ2n) is 4.43. The number of halogens is 1. The van der Waals surface area contributed by atoms with E-state index in [4.69, 9.17) is 16.3 Å². The highest BCUT2D eigenvalue weighted by atomic mass is 35.5. The van der Waals surface area contributed by atoms with Crippen molar-refractivity contribution in [3.63, 3.8) is 0 Å². The van der Waals surface area contributed by atoms with E-state index in [0.717, 1.165) is 5.56 Å². The molecule has 0 fully saturated rings. The zero-order valence-corrected chi connectivity index (χ0v) is 13.1. The molecule has 21 heavy (non-hydrogen) atoms. The van der Waals surface area contributed by atoms with E-state index in [2.05, 4.69) is 4.72 Å². The summed E-state index contributed by atoms with van der Waals surface area (Å²) in [5, 5.41) is 0.515. The van der Waals surface area contributed by atoms with Crippen LogP contribution in [0.4, 0.5) is 0 Å². The van der Waals surface area contributed by atoms with Crippen molar-refractivity contribution in [3.05, 3.63) is 59.1 Å². The van der Waals surface area contributed by atoms with Crippen LogP contribution in [0.2, 0.25) is 5.02 Å². The van der Waals surface area contributed by atoms with Crippen LogP contribution in [-0.2, 0) is 16.4 Å². The number of hydrogen-bond donors (Lipinski definition) is 1. The summed E-state index contributed by atoms with van der Waals surface area (Å²) >= 11 is 6.03. The average Bonchev–Trinajstić information content (AvgIpc) is 2.48. The van der Waals surface area contributed by atoms with E-state index >= 15 is 0 Å². The molecule has 0 heterocycles. The van der Waals surface area contributed by atoms with Gasteiger partial charge in [-0.25, -0.2) is 13.1 Å². The van der Waals surface area contributed by atoms with Crippen LogP contribution in [0.5, 0.6) is 5.75 Å². The Morgan fingerprint density at radius 3 is 2.48 bits per heavy atom. The van der Waals surface area contributed by atoms with Crippen molar-refractivity contribution < 1.29 is 13.2 Å². The van der Waals surface area contributed by atoms with Crippen LogP contribution in [0, 0.1) is 0 Å². The van der Waals surface area contributed by atoms with Gasteiger partial charge in [0.1, 0.15) is 5.75 Å². The molecule has 0 atom stereocenters. The Labute approximate surface area is 129 Å². The van der Waals surface area contributed by atoms with Crippen molar-refractivity contribution in [2.75, 3.05) is 13.7 Å². The maximum absolute atomic E-state index is 12.0. The van der Waals surface area contributed by atoms with Crippen molar-refractivity contribution >= 4 is 21.6 Å².